The molecule has 0 saturated carbocycles. The van der Waals surface area contributed by atoms with Crippen LogP contribution in [-0.2, 0) is 20.7 Å². The molecule has 0 bridgehead atoms. The minimum Gasteiger partial charge on any atom is -0.504 e. The summed E-state index contributed by atoms with van der Waals surface area (Å²) in [5.41, 5.74) is 7.06. The molecular formula is C18H17NO5. The van der Waals surface area contributed by atoms with Gasteiger partial charge in [0.15, 0.2) is 11.5 Å². The third kappa shape index (κ3) is 4.96. The molecular weight excluding hydrogens is 310 g/mol. The van der Waals surface area contributed by atoms with Crippen LogP contribution in [0, 0.1) is 0 Å². The number of carbonyl (C=O) groups is 2. The molecule has 0 aliphatic heterocycles. The average Bonchev–Trinajstić information content (AvgIpc) is 2.56. The van der Waals surface area contributed by atoms with Gasteiger partial charge in [-0.3, -0.25) is 0 Å². The molecule has 0 spiro atoms. The standard InChI is InChI=1S/C18H17NO5/c19-14(10-12-4-2-1-3-5-12)18(23)24-17(22)9-7-13-6-8-15(20)16(21)11-13/h1-9,11,14,20-21H,10,19H2/b9-7+/t14-/m0/s1. The largest absolute Gasteiger partial charge is 0.504 e. The maximum Gasteiger partial charge on any atom is 0.338 e. The van der Waals surface area contributed by atoms with Crippen molar-refractivity contribution in [2.45, 2.75) is 12.5 Å². The van der Waals surface area contributed by atoms with Crippen molar-refractivity contribution < 1.29 is 24.5 Å². The third-order valence-corrected chi connectivity index (χ3v) is 3.21. The topological polar surface area (TPSA) is 110 Å². The van der Waals surface area contributed by atoms with Crippen molar-refractivity contribution in [3.05, 3.63) is 65.7 Å². The smallest absolute Gasteiger partial charge is 0.338 e. The van der Waals surface area contributed by atoms with Crippen LogP contribution >= 0.6 is 0 Å². The molecule has 0 aromatic heterocycles. The van der Waals surface area contributed by atoms with Gasteiger partial charge in [0.2, 0.25) is 0 Å². The molecule has 4 N–H and O–H groups in total. The molecule has 0 amide bonds. The van der Waals surface area contributed by atoms with E-state index in [2.05, 4.69) is 4.74 Å². The van der Waals surface area contributed by atoms with Crippen LogP contribution in [0.3, 0.4) is 0 Å². The van der Waals surface area contributed by atoms with Gasteiger partial charge in [-0.05, 0) is 35.8 Å². The van der Waals surface area contributed by atoms with E-state index in [4.69, 9.17) is 5.73 Å². The Hall–Kier alpha value is -3.12. The summed E-state index contributed by atoms with van der Waals surface area (Å²) < 4.78 is 4.66. The van der Waals surface area contributed by atoms with Gasteiger partial charge >= 0.3 is 11.9 Å². The van der Waals surface area contributed by atoms with Crippen LogP contribution in [0.2, 0.25) is 0 Å². The van der Waals surface area contributed by atoms with Crippen molar-refractivity contribution in [2.24, 2.45) is 5.73 Å². The molecule has 2 aromatic carbocycles. The molecule has 0 heterocycles. The molecule has 2 aromatic rings. The summed E-state index contributed by atoms with van der Waals surface area (Å²) in [4.78, 5) is 23.4. The van der Waals surface area contributed by atoms with Gasteiger partial charge in [0.05, 0.1) is 0 Å². The highest BCUT2D eigenvalue weighted by Gasteiger charge is 2.18. The van der Waals surface area contributed by atoms with Crippen molar-refractivity contribution in [3.8, 4) is 11.5 Å². The van der Waals surface area contributed by atoms with Gasteiger partial charge < -0.3 is 20.7 Å². The first-order valence-corrected chi connectivity index (χ1v) is 7.21. The van der Waals surface area contributed by atoms with Crippen LogP contribution in [-0.4, -0.2) is 28.2 Å². The number of hydrogen-bond donors (Lipinski definition) is 3. The number of phenolic OH excluding ortho intramolecular Hbond substituents is 2. The second-order valence-electron chi connectivity index (χ2n) is 5.12. The molecule has 1 atom stereocenters. The lowest BCUT2D eigenvalue weighted by Gasteiger charge is -2.09. The Morgan fingerprint density at radius 2 is 1.79 bits per heavy atom. The summed E-state index contributed by atoms with van der Waals surface area (Å²) in [7, 11) is 0. The Bertz CT molecular complexity index is 755. The minimum atomic E-state index is -0.942. The van der Waals surface area contributed by atoms with Gasteiger partial charge in [-0.1, -0.05) is 36.4 Å². The number of aromatic hydroxyl groups is 2. The molecule has 0 fully saturated rings. The number of ether oxygens (including phenoxy) is 1. The van der Waals surface area contributed by atoms with Crippen molar-refractivity contribution >= 4 is 18.0 Å². The second-order valence-corrected chi connectivity index (χ2v) is 5.12. The Labute approximate surface area is 138 Å². The summed E-state index contributed by atoms with van der Waals surface area (Å²) in [6.07, 6.45) is 2.65. The first-order chi connectivity index (χ1) is 11.5. The second kappa shape index (κ2) is 7.94. The predicted molar refractivity (Wildman–Crippen MR) is 88.0 cm³/mol. The molecule has 0 radical (unpaired) electrons. The van der Waals surface area contributed by atoms with Gasteiger partial charge in [0.1, 0.15) is 6.04 Å². The van der Waals surface area contributed by atoms with Crippen molar-refractivity contribution in [3.63, 3.8) is 0 Å². The Morgan fingerprint density at radius 1 is 1.08 bits per heavy atom. The van der Waals surface area contributed by atoms with E-state index in [0.29, 0.717) is 5.56 Å². The molecule has 0 aliphatic carbocycles. The van der Waals surface area contributed by atoms with Crippen LogP contribution < -0.4 is 5.73 Å². The number of phenols is 2. The minimum absolute atomic E-state index is 0.266. The number of nitrogens with two attached hydrogens (primary N) is 1. The van der Waals surface area contributed by atoms with Gasteiger partial charge in [-0.2, -0.15) is 0 Å². The summed E-state index contributed by atoms with van der Waals surface area (Å²) in [5, 5.41) is 18.6. The molecule has 0 aliphatic rings. The lowest BCUT2D eigenvalue weighted by atomic mass is 10.1. The summed E-state index contributed by atoms with van der Waals surface area (Å²) >= 11 is 0. The van der Waals surface area contributed by atoms with Gasteiger partial charge in [0.25, 0.3) is 0 Å². The highest BCUT2D eigenvalue weighted by molar-refractivity contribution is 5.96. The van der Waals surface area contributed by atoms with Gasteiger partial charge in [0, 0.05) is 6.08 Å². The van der Waals surface area contributed by atoms with E-state index >= 15 is 0 Å². The zero-order valence-electron chi connectivity index (χ0n) is 12.8. The van der Waals surface area contributed by atoms with E-state index < -0.39 is 18.0 Å². The highest BCUT2D eigenvalue weighted by atomic mass is 16.6. The van der Waals surface area contributed by atoms with E-state index in [1.165, 1.54) is 24.3 Å². The summed E-state index contributed by atoms with van der Waals surface area (Å²) in [5.74, 6) is -2.26. The number of benzene rings is 2. The third-order valence-electron chi connectivity index (χ3n) is 3.21. The molecule has 6 heteroatoms. The fourth-order valence-electron chi connectivity index (χ4n) is 1.97. The van der Waals surface area contributed by atoms with Crippen molar-refractivity contribution in [2.75, 3.05) is 0 Å². The molecule has 2 rings (SSSR count). The normalized spacial score (nSPS) is 12.0. The number of esters is 2. The van der Waals surface area contributed by atoms with Crippen molar-refractivity contribution in [1.29, 1.82) is 0 Å². The number of carbonyl (C=O) groups excluding carboxylic acids is 2. The lowest BCUT2D eigenvalue weighted by Crippen LogP contribution is -2.35. The average molecular weight is 327 g/mol. The van der Waals surface area contributed by atoms with E-state index in [1.54, 1.807) is 0 Å². The summed E-state index contributed by atoms with van der Waals surface area (Å²) in [6.45, 7) is 0. The number of hydrogen-bond acceptors (Lipinski definition) is 6. The Balaban J connectivity index is 1.90. The molecule has 6 nitrogen and oxygen atoms in total. The fourth-order valence-corrected chi connectivity index (χ4v) is 1.97. The maximum absolute atomic E-state index is 11.8. The first-order valence-electron chi connectivity index (χ1n) is 7.21. The van der Waals surface area contributed by atoms with E-state index in [1.807, 2.05) is 30.3 Å². The van der Waals surface area contributed by atoms with E-state index in [-0.39, 0.29) is 17.9 Å². The van der Waals surface area contributed by atoms with Crippen LogP contribution in [0.4, 0.5) is 0 Å². The SMILES string of the molecule is N[C@@H](Cc1ccccc1)C(=O)OC(=O)/C=C/c1ccc(O)c(O)c1. The van der Waals surface area contributed by atoms with Crippen LogP contribution in [0.1, 0.15) is 11.1 Å². The predicted octanol–water partition coefficient (Wildman–Crippen LogP) is 1.75. The molecule has 0 unspecified atom stereocenters. The zero-order chi connectivity index (χ0) is 17.5. The first kappa shape index (κ1) is 17.2. The fraction of sp³-hybridized carbons (Fsp3) is 0.111. The van der Waals surface area contributed by atoms with Gasteiger partial charge in [-0.15, -0.1) is 0 Å². The Morgan fingerprint density at radius 3 is 2.46 bits per heavy atom. The Kier molecular flexibility index (Phi) is 5.70. The van der Waals surface area contributed by atoms with Gasteiger partial charge in [-0.25, -0.2) is 9.59 Å². The summed E-state index contributed by atoms with van der Waals surface area (Å²) in [6, 6.07) is 12.2. The molecule has 0 saturated heterocycles. The highest BCUT2D eigenvalue weighted by Crippen LogP contribution is 2.25. The maximum atomic E-state index is 11.8. The lowest BCUT2D eigenvalue weighted by molar-refractivity contribution is -0.157. The van der Waals surface area contributed by atoms with E-state index in [0.717, 1.165) is 11.6 Å². The van der Waals surface area contributed by atoms with Crippen LogP contribution in [0.15, 0.2) is 54.6 Å². The molecule has 24 heavy (non-hydrogen) atoms. The van der Waals surface area contributed by atoms with E-state index in [9.17, 15) is 19.8 Å². The quantitative estimate of drug-likeness (QED) is 0.334. The monoisotopic (exact) mass is 327 g/mol. The van der Waals surface area contributed by atoms with Crippen LogP contribution in [0.25, 0.3) is 6.08 Å². The van der Waals surface area contributed by atoms with Crippen LogP contribution in [0.5, 0.6) is 11.5 Å². The molecule has 124 valence electrons. The van der Waals surface area contributed by atoms with Crippen molar-refractivity contribution in [1.82, 2.24) is 0 Å². The zero-order valence-corrected chi connectivity index (χ0v) is 12.8. The number of rotatable bonds is 5.